The van der Waals surface area contributed by atoms with E-state index in [9.17, 15) is 5.11 Å². The predicted molar refractivity (Wildman–Crippen MR) is 71.9 cm³/mol. The Morgan fingerprint density at radius 1 is 1.29 bits per heavy atom. The van der Waals surface area contributed by atoms with Gasteiger partial charge in [-0.1, -0.05) is 29.3 Å². The lowest BCUT2D eigenvalue weighted by Crippen LogP contribution is -2.11. The molecular weight excluding hydrogens is 259 g/mol. The summed E-state index contributed by atoms with van der Waals surface area (Å²) in [5.41, 5.74) is 1.00. The first kappa shape index (κ1) is 14.8. The summed E-state index contributed by atoms with van der Waals surface area (Å²) in [4.78, 5) is 0. The van der Waals surface area contributed by atoms with Gasteiger partial charge in [-0.3, -0.25) is 0 Å². The lowest BCUT2D eigenvalue weighted by molar-refractivity contribution is 0.114. The summed E-state index contributed by atoms with van der Waals surface area (Å²) < 4.78 is 5.22. The van der Waals surface area contributed by atoms with E-state index in [1.165, 1.54) is 0 Å². The van der Waals surface area contributed by atoms with Gasteiger partial charge in [0.15, 0.2) is 0 Å². The van der Waals surface area contributed by atoms with Crippen molar-refractivity contribution in [1.29, 1.82) is 0 Å². The van der Waals surface area contributed by atoms with Crippen LogP contribution in [0.15, 0.2) is 18.2 Å². The van der Waals surface area contributed by atoms with E-state index in [1.54, 1.807) is 12.1 Å². The van der Waals surface area contributed by atoms with Crippen molar-refractivity contribution in [2.75, 3.05) is 13.2 Å². The number of rotatable bonds is 7. The van der Waals surface area contributed by atoms with Gasteiger partial charge in [0.2, 0.25) is 0 Å². The molecule has 0 aliphatic rings. The first-order valence-corrected chi connectivity index (χ1v) is 6.58. The Morgan fingerprint density at radius 2 is 2.06 bits per heavy atom. The second-order valence-electron chi connectivity index (χ2n) is 3.95. The van der Waals surface area contributed by atoms with Gasteiger partial charge in [0.05, 0.1) is 16.1 Å². The molecule has 0 aliphatic heterocycles. The van der Waals surface area contributed by atoms with E-state index in [2.05, 4.69) is 0 Å². The quantitative estimate of drug-likeness (QED) is 0.770. The van der Waals surface area contributed by atoms with Gasteiger partial charge in [-0.15, -0.1) is 0 Å². The Hall–Kier alpha value is -0.280. The van der Waals surface area contributed by atoms with E-state index in [4.69, 9.17) is 27.9 Å². The van der Waals surface area contributed by atoms with Crippen LogP contribution in [0.25, 0.3) is 0 Å². The maximum absolute atomic E-state index is 9.83. The van der Waals surface area contributed by atoms with Gasteiger partial charge < -0.3 is 9.84 Å². The molecular formula is C13H18Cl2O2. The largest absolute Gasteiger partial charge is 0.393 e. The van der Waals surface area contributed by atoms with Crippen LogP contribution in [0, 0.1) is 0 Å². The summed E-state index contributed by atoms with van der Waals surface area (Å²) in [5, 5.41) is 10.9. The lowest BCUT2D eigenvalue weighted by atomic mass is 10.0. The zero-order valence-electron chi connectivity index (χ0n) is 9.96. The molecule has 1 atom stereocenters. The highest BCUT2D eigenvalue weighted by Crippen LogP contribution is 2.23. The molecule has 1 rings (SSSR count). The summed E-state index contributed by atoms with van der Waals surface area (Å²) in [6.07, 6.45) is 1.85. The highest BCUT2D eigenvalue weighted by molar-refractivity contribution is 6.42. The van der Waals surface area contributed by atoms with Gasteiger partial charge in [-0.2, -0.15) is 0 Å². The third-order valence-corrected chi connectivity index (χ3v) is 3.22. The molecule has 1 aromatic carbocycles. The molecule has 1 unspecified atom stereocenters. The molecule has 96 valence electrons. The Kier molecular flexibility index (Phi) is 6.90. The minimum Gasteiger partial charge on any atom is -0.393 e. The molecule has 0 spiro atoms. The first-order valence-electron chi connectivity index (χ1n) is 5.83. The van der Waals surface area contributed by atoms with Gasteiger partial charge in [0, 0.05) is 13.2 Å². The number of ether oxygens (including phenoxy) is 1. The summed E-state index contributed by atoms with van der Waals surface area (Å²) in [6.45, 7) is 3.39. The number of hydrogen-bond acceptors (Lipinski definition) is 2. The van der Waals surface area contributed by atoms with Crippen molar-refractivity contribution < 1.29 is 9.84 Å². The van der Waals surface area contributed by atoms with E-state index in [0.29, 0.717) is 23.1 Å². The van der Waals surface area contributed by atoms with Crippen LogP contribution < -0.4 is 0 Å². The molecule has 17 heavy (non-hydrogen) atoms. The maximum atomic E-state index is 9.83. The number of aliphatic hydroxyl groups excluding tert-OH is 1. The van der Waals surface area contributed by atoms with E-state index < -0.39 is 0 Å². The van der Waals surface area contributed by atoms with Crippen molar-refractivity contribution in [1.82, 2.24) is 0 Å². The zero-order valence-corrected chi connectivity index (χ0v) is 11.5. The van der Waals surface area contributed by atoms with Crippen molar-refractivity contribution >= 4 is 23.2 Å². The topological polar surface area (TPSA) is 29.5 Å². The Bertz CT molecular complexity index is 342. The second-order valence-corrected chi connectivity index (χ2v) is 4.76. The molecule has 1 N–H and O–H groups in total. The van der Waals surface area contributed by atoms with Gasteiger partial charge >= 0.3 is 0 Å². The smallest absolute Gasteiger partial charge is 0.0595 e. The minimum atomic E-state index is -0.354. The van der Waals surface area contributed by atoms with Crippen molar-refractivity contribution in [3.63, 3.8) is 0 Å². The summed E-state index contributed by atoms with van der Waals surface area (Å²) in [5.74, 6) is 0. The number of hydrogen-bond donors (Lipinski definition) is 1. The first-order chi connectivity index (χ1) is 8.13. The maximum Gasteiger partial charge on any atom is 0.0595 e. The highest BCUT2D eigenvalue weighted by atomic mass is 35.5. The van der Waals surface area contributed by atoms with Crippen LogP contribution in [0.2, 0.25) is 10.0 Å². The van der Waals surface area contributed by atoms with Crippen LogP contribution in [-0.2, 0) is 11.2 Å². The summed E-state index contributed by atoms with van der Waals surface area (Å²) in [7, 11) is 0. The standard InChI is InChI=1S/C13H18Cl2O2/c1-2-17-7-3-4-11(16)8-10-5-6-12(14)13(15)9-10/h5-6,9,11,16H,2-4,7-8H2,1H3. The third-order valence-electron chi connectivity index (χ3n) is 2.49. The molecule has 1 aromatic rings. The van der Waals surface area contributed by atoms with Gasteiger partial charge in [-0.25, -0.2) is 0 Å². The lowest BCUT2D eigenvalue weighted by Gasteiger charge is -2.11. The van der Waals surface area contributed by atoms with Crippen LogP contribution >= 0.6 is 23.2 Å². The zero-order chi connectivity index (χ0) is 12.7. The van der Waals surface area contributed by atoms with Crippen LogP contribution in [0.5, 0.6) is 0 Å². The van der Waals surface area contributed by atoms with Crippen molar-refractivity contribution in [2.45, 2.75) is 32.3 Å². The third kappa shape index (κ3) is 5.73. The fourth-order valence-electron chi connectivity index (χ4n) is 1.61. The average molecular weight is 277 g/mol. The Balaban J connectivity index is 2.34. The number of aliphatic hydroxyl groups is 1. The van der Waals surface area contributed by atoms with Gasteiger partial charge in [0.25, 0.3) is 0 Å². The molecule has 4 heteroatoms. The molecule has 0 aliphatic carbocycles. The van der Waals surface area contributed by atoms with Crippen LogP contribution in [0.1, 0.15) is 25.3 Å². The molecule has 0 amide bonds. The molecule has 2 nitrogen and oxygen atoms in total. The fourth-order valence-corrected chi connectivity index (χ4v) is 1.93. The normalized spacial score (nSPS) is 12.7. The van der Waals surface area contributed by atoms with E-state index in [1.807, 2.05) is 13.0 Å². The molecule has 0 aromatic heterocycles. The van der Waals surface area contributed by atoms with E-state index >= 15 is 0 Å². The van der Waals surface area contributed by atoms with Gasteiger partial charge in [0.1, 0.15) is 0 Å². The SMILES string of the molecule is CCOCCCC(O)Cc1ccc(Cl)c(Cl)c1. The molecule has 0 saturated heterocycles. The van der Waals surface area contributed by atoms with Crippen molar-refractivity contribution in [3.05, 3.63) is 33.8 Å². The van der Waals surface area contributed by atoms with Gasteiger partial charge in [-0.05, 0) is 43.9 Å². The predicted octanol–water partition coefficient (Wildman–Crippen LogP) is 3.71. The molecule has 0 radical (unpaired) electrons. The fraction of sp³-hybridized carbons (Fsp3) is 0.538. The monoisotopic (exact) mass is 276 g/mol. The second kappa shape index (κ2) is 7.93. The molecule has 0 bridgehead atoms. The van der Waals surface area contributed by atoms with E-state index in [-0.39, 0.29) is 6.10 Å². The van der Waals surface area contributed by atoms with Crippen molar-refractivity contribution in [3.8, 4) is 0 Å². The van der Waals surface area contributed by atoms with E-state index in [0.717, 1.165) is 25.0 Å². The van der Waals surface area contributed by atoms with Crippen LogP contribution in [0.4, 0.5) is 0 Å². The minimum absolute atomic E-state index is 0.354. The van der Waals surface area contributed by atoms with Crippen LogP contribution in [0.3, 0.4) is 0 Å². The molecule has 0 heterocycles. The molecule has 0 saturated carbocycles. The number of halogens is 2. The molecule has 0 fully saturated rings. The summed E-state index contributed by atoms with van der Waals surface area (Å²) >= 11 is 11.7. The van der Waals surface area contributed by atoms with Crippen LogP contribution in [-0.4, -0.2) is 24.4 Å². The van der Waals surface area contributed by atoms with Crippen molar-refractivity contribution in [2.24, 2.45) is 0 Å². The number of benzene rings is 1. The summed E-state index contributed by atoms with van der Waals surface area (Å²) in [6, 6.07) is 5.45. The Labute approximate surface area is 113 Å². The highest BCUT2D eigenvalue weighted by Gasteiger charge is 2.07. The Morgan fingerprint density at radius 3 is 2.71 bits per heavy atom. The average Bonchev–Trinajstić information content (AvgIpc) is 2.30.